The summed E-state index contributed by atoms with van der Waals surface area (Å²) in [4.78, 5) is 2.41. The molecule has 1 aromatic carbocycles. The zero-order valence-electron chi connectivity index (χ0n) is 11.7. The summed E-state index contributed by atoms with van der Waals surface area (Å²) in [6.07, 6.45) is 1.78. The number of hydrogen-bond donors (Lipinski definition) is 2. The van der Waals surface area contributed by atoms with Crippen molar-refractivity contribution < 1.29 is 0 Å². The van der Waals surface area contributed by atoms with Crippen LogP contribution in [-0.4, -0.2) is 28.2 Å². The second-order valence-electron chi connectivity index (χ2n) is 4.55. The van der Waals surface area contributed by atoms with Crippen molar-refractivity contribution in [3.05, 3.63) is 47.8 Å². The summed E-state index contributed by atoms with van der Waals surface area (Å²) in [6, 6.07) is 10.5. The van der Waals surface area contributed by atoms with Gasteiger partial charge in [-0.25, -0.2) is 0 Å². The van der Waals surface area contributed by atoms with Crippen LogP contribution >= 0.6 is 0 Å². The number of anilines is 1. The summed E-state index contributed by atoms with van der Waals surface area (Å²) in [5.74, 6) is 0. The summed E-state index contributed by atoms with van der Waals surface area (Å²) in [5.41, 5.74) is 3.63. The SMILES string of the molecule is CCN(CC)Cc1ccccc1NCc1ccn[nH]1. The average Bonchev–Trinajstić information content (AvgIpc) is 2.97. The standard InChI is InChI=1S/C15H22N4/c1-3-19(4-2)12-13-7-5-6-8-15(13)16-11-14-9-10-17-18-14/h5-10,16H,3-4,11-12H2,1-2H3,(H,17,18). The van der Waals surface area contributed by atoms with Gasteiger partial charge in [0.2, 0.25) is 0 Å². The van der Waals surface area contributed by atoms with Gasteiger partial charge in [-0.05, 0) is 30.8 Å². The first-order chi connectivity index (χ1) is 9.33. The molecule has 0 unspecified atom stereocenters. The highest BCUT2D eigenvalue weighted by atomic mass is 15.1. The topological polar surface area (TPSA) is 44.0 Å². The second kappa shape index (κ2) is 6.95. The lowest BCUT2D eigenvalue weighted by molar-refractivity contribution is 0.296. The van der Waals surface area contributed by atoms with E-state index in [0.717, 1.165) is 31.9 Å². The number of hydrogen-bond acceptors (Lipinski definition) is 3. The van der Waals surface area contributed by atoms with Crippen LogP contribution in [0.25, 0.3) is 0 Å². The molecule has 19 heavy (non-hydrogen) atoms. The third kappa shape index (κ3) is 3.83. The van der Waals surface area contributed by atoms with Crippen LogP contribution in [0.2, 0.25) is 0 Å². The fourth-order valence-electron chi connectivity index (χ4n) is 2.09. The lowest BCUT2D eigenvalue weighted by atomic mass is 10.1. The van der Waals surface area contributed by atoms with Crippen LogP contribution in [0.3, 0.4) is 0 Å². The molecule has 0 fully saturated rings. The molecule has 0 saturated heterocycles. The molecular formula is C15H22N4. The van der Waals surface area contributed by atoms with E-state index in [0.29, 0.717) is 0 Å². The molecule has 0 saturated carbocycles. The highest BCUT2D eigenvalue weighted by molar-refractivity contribution is 5.51. The molecule has 1 heterocycles. The molecule has 0 bridgehead atoms. The van der Waals surface area contributed by atoms with Crippen molar-refractivity contribution in [1.29, 1.82) is 0 Å². The normalized spacial score (nSPS) is 10.9. The number of H-pyrrole nitrogens is 1. The Hall–Kier alpha value is -1.81. The summed E-state index contributed by atoms with van der Waals surface area (Å²) >= 11 is 0. The number of aromatic amines is 1. The Morgan fingerprint density at radius 3 is 2.63 bits per heavy atom. The minimum absolute atomic E-state index is 0.773. The van der Waals surface area contributed by atoms with E-state index in [1.807, 2.05) is 6.07 Å². The molecule has 0 aliphatic rings. The van der Waals surface area contributed by atoms with Crippen LogP contribution in [0.4, 0.5) is 5.69 Å². The first kappa shape index (κ1) is 13.6. The summed E-state index contributed by atoms with van der Waals surface area (Å²) in [5, 5.41) is 10.4. The average molecular weight is 258 g/mol. The third-order valence-electron chi connectivity index (χ3n) is 3.33. The zero-order chi connectivity index (χ0) is 13.5. The Morgan fingerprint density at radius 2 is 1.95 bits per heavy atom. The number of rotatable bonds is 7. The highest BCUT2D eigenvalue weighted by Gasteiger charge is 2.06. The van der Waals surface area contributed by atoms with Crippen molar-refractivity contribution >= 4 is 5.69 Å². The van der Waals surface area contributed by atoms with Gasteiger partial charge >= 0.3 is 0 Å². The van der Waals surface area contributed by atoms with E-state index in [-0.39, 0.29) is 0 Å². The van der Waals surface area contributed by atoms with Gasteiger partial charge in [-0.3, -0.25) is 10.00 Å². The molecule has 4 nitrogen and oxygen atoms in total. The molecule has 0 atom stereocenters. The quantitative estimate of drug-likeness (QED) is 0.802. The van der Waals surface area contributed by atoms with E-state index in [2.05, 4.69) is 58.5 Å². The third-order valence-corrected chi connectivity index (χ3v) is 3.33. The number of nitrogens with zero attached hydrogens (tertiary/aromatic N) is 2. The molecule has 2 N–H and O–H groups in total. The predicted octanol–water partition coefficient (Wildman–Crippen LogP) is 2.86. The molecule has 4 heteroatoms. The van der Waals surface area contributed by atoms with Crippen LogP contribution in [0.1, 0.15) is 25.1 Å². The van der Waals surface area contributed by atoms with Crippen molar-refractivity contribution in [2.45, 2.75) is 26.9 Å². The molecule has 0 spiro atoms. The molecule has 102 valence electrons. The van der Waals surface area contributed by atoms with Gasteiger partial charge in [-0.1, -0.05) is 32.0 Å². The van der Waals surface area contributed by atoms with Crippen LogP contribution in [0, 0.1) is 0 Å². The maximum atomic E-state index is 3.96. The molecule has 0 aliphatic carbocycles. The second-order valence-corrected chi connectivity index (χ2v) is 4.55. The highest BCUT2D eigenvalue weighted by Crippen LogP contribution is 2.17. The minimum Gasteiger partial charge on any atom is -0.379 e. The summed E-state index contributed by atoms with van der Waals surface area (Å²) in [7, 11) is 0. The van der Waals surface area contributed by atoms with E-state index in [1.165, 1.54) is 11.3 Å². The molecule has 0 amide bonds. The fourth-order valence-corrected chi connectivity index (χ4v) is 2.09. The van der Waals surface area contributed by atoms with Gasteiger partial charge < -0.3 is 5.32 Å². The van der Waals surface area contributed by atoms with Crippen molar-refractivity contribution in [3.63, 3.8) is 0 Å². The Labute approximate surface area is 114 Å². The van der Waals surface area contributed by atoms with E-state index in [9.17, 15) is 0 Å². The first-order valence-corrected chi connectivity index (χ1v) is 6.85. The number of benzene rings is 1. The molecule has 0 aliphatic heterocycles. The summed E-state index contributed by atoms with van der Waals surface area (Å²) < 4.78 is 0. The Morgan fingerprint density at radius 1 is 1.16 bits per heavy atom. The minimum atomic E-state index is 0.773. The van der Waals surface area contributed by atoms with Crippen LogP contribution in [0.15, 0.2) is 36.5 Å². The molecule has 2 rings (SSSR count). The van der Waals surface area contributed by atoms with Crippen molar-refractivity contribution in [1.82, 2.24) is 15.1 Å². The van der Waals surface area contributed by atoms with Crippen LogP contribution < -0.4 is 5.32 Å². The Kier molecular flexibility index (Phi) is 4.98. The van der Waals surface area contributed by atoms with E-state index in [1.54, 1.807) is 6.20 Å². The Balaban J connectivity index is 2.03. The molecule has 1 aromatic heterocycles. The lowest BCUT2D eigenvalue weighted by Gasteiger charge is -2.20. The molecule has 2 aromatic rings. The van der Waals surface area contributed by atoms with E-state index < -0.39 is 0 Å². The first-order valence-electron chi connectivity index (χ1n) is 6.85. The maximum Gasteiger partial charge on any atom is 0.0567 e. The lowest BCUT2D eigenvalue weighted by Crippen LogP contribution is -2.22. The number of aromatic nitrogens is 2. The van der Waals surface area contributed by atoms with Gasteiger partial charge in [0.05, 0.1) is 12.2 Å². The van der Waals surface area contributed by atoms with Crippen molar-refractivity contribution in [3.8, 4) is 0 Å². The van der Waals surface area contributed by atoms with Gasteiger partial charge in [0.1, 0.15) is 0 Å². The van der Waals surface area contributed by atoms with E-state index >= 15 is 0 Å². The monoisotopic (exact) mass is 258 g/mol. The Bertz CT molecular complexity index is 475. The van der Waals surface area contributed by atoms with Crippen LogP contribution in [0.5, 0.6) is 0 Å². The van der Waals surface area contributed by atoms with Crippen LogP contribution in [-0.2, 0) is 13.1 Å². The van der Waals surface area contributed by atoms with Gasteiger partial charge in [0, 0.05) is 18.4 Å². The summed E-state index contributed by atoms with van der Waals surface area (Å²) in [6.45, 7) is 8.31. The maximum absolute atomic E-state index is 3.96. The van der Waals surface area contributed by atoms with E-state index in [4.69, 9.17) is 0 Å². The molecule has 0 radical (unpaired) electrons. The van der Waals surface area contributed by atoms with Gasteiger partial charge in [0.15, 0.2) is 0 Å². The van der Waals surface area contributed by atoms with Crippen molar-refractivity contribution in [2.75, 3.05) is 18.4 Å². The van der Waals surface area contributed by atoms with Gasteiger partial charge in [-0.15, -0.1) is 0 Å². The molecular weight excluding hydrogens is 236 g/mol. The fraction of sp³-hybridized carbons (Fsp3) is 0.400. The zero-order valence-corrected chi connectivity index (χ0v) is 11.7. The van der Waals surface area contributed by atoms with Crippen molar-refractivity contribution in [2.24, 2.45) is 0 Å². The smallest absolute Gasteiger partial charge is 0.0567 e. The number of nitrogens with one attached hydrogen (secondary N) is 2. The van der Waals surface area contributed by atoms with Gasteiger partial charge in [0.25, 0.3) is 0 Å². The number of para-hydroxylation sites is 1. The largest absolute Gasteiger partial charge is 0.379 e. The predicted molar refractivity (Wildman–Crippen MR) is 79.0 cm³/mol. The van der Waals surface area contributed by atoms with Gasteiger partial charge in [-0.2, -0.15) is 5.10 Å².